The number of ether oxygens (including phenoxy) is 1. The van der Waals surface area contributed by atoms with Gasteiger partial charge in [0.2, 0.25) is 0 Å². The molecule has 0 aromatic heterocycles. The van der Waals surface area contributed by atoms with Gasteiger partial charge in [0.15, 0.2) is 0 Å². The topological polar surface area (TPSA) is 9.23 Å². The van der Waals surface area contributed by atoms with Gasteiger partial charge in [-0.1, -0.05) is 18.2 Å². The molecule has 0 bridgehead atoms. The maximum atomic E-state index is 14.0. The Kier molecular flexibility index (Phi) is 4.88. The Labute approximate surface area is 117 Å². The van der Waals surface area contributed by atoms with Crippen LogP contribution in [0.5, 0.6) is 0 Å². The monoisotopic (exact) mass is 290 g/mol. The fraction of sp³-hybridized carbons (Fsp3) is 0.571. The normalized spacial score (nSPS) is 20.3. The molecule has 1 fully saturated rings. The minimum atomic E-state index is -0.538. The SMILES string of the molecule is Fc1ccccc1C(CCl)(CCl)CC1CCCO1. The highest BCUT2D eigenvalue weighted by Gasteiger charge is 2.37. The van der Waals surface area contributed by atoms with Crippen LogP contribution in [0.1, 0.15) is 24.8 Å². The summed E-state index contributed by atoms with van der Waals surface area (Å²) in [5, 5.41) is 0. The Balaban J connectivity index is 2.27. The van der Waals surface area contributed by atoms with E-state index in [0.717, 1.165) is 19.4 Å². The first-order chi connectivity index (χ1) is 8.72. The van der Waals surface area contributed by atoms with Crippen molar-refractivity contribution in [2.24, 2.45) is 0 Å². The second-order valence-corrected chi connectivity index (χ2v) is 5.40. The van der Waals surface area contributed by atoms with Gasteiger partial charge in [-0.3, -0.25) is 0 Å². The van der Waals surface area contributed by atoms with E-state index in [-0.39, 0.29) is 11.9 Å². The zero-order chi connectivity index (χ0) is 13.0. The predicted molar refractivity (Wildman–Crippen MR) is 73.1 cm³/mol. The van der Waals surface area contributed by atoms with E-state index in [1.807, 2.05) is 6.07 Å². The summed E-state index contributed by atoms with van der Waals surface area (Å²) in [6.45, 7) is 0.780. The lowest BCUT2D eigenvalue weighted by Crippen LogP contribution is -2.35. The van der Waals surface area contributed by atoms with E-state index in [4.69, 9.17) is 27.9 Å². The van der Waals surface area contributed by atoms with Crippen molar-refractivity contribution in [2.45, 2.75) is 30.8 Å². The Morgan fingerprint density at radius 3 is 2.56 bits per heavy atom. The Morgan fingerprint density at radius 2 is 2.00 bits per heavy atom. The molecule has 2 rings (SSSR count). The molecule has 0 spiro atoms. The number of alkyl halides is 2. The molecule has 4 heteroatoms. The van der Waals surface area contributed by atoms with Crippen molar-refractivity contribution in [1.82, 2.24) is 0 Å². The Morgan fingerprint density at radius 1 is 1.28 bits per heavy atom. The van der Waals surface area contributed by atoms with Gasteiger partial charge in [0.1, 0.15) is 5.82 Å². The lowest BCUT2D eigenvalue weighted by atomic mass is 9.78. The zero-order valence-electron chi connectivity index (χ0n) is 10.2. The molecule has 1 aliphatic rings. The van der Waals surface area contributed by atoms with Crippen molar-refractivity contribution in [1.29, 1.82) is 0 Å². The van der Waals surface area contributed by atoms with Gasteiger partial charge in [0.05, 0.1) is 6.10 Å². The van der Waals surface area contributed by atoms with Crippen molar-refractivity contribution in [2.75, 3.05) is 18.4 Å². The van der Waals surface area contributed by atoms with Crippen LogP contribution in [0, 0.1) is 5.82 Å². The van der Waals surface area contributed by atoms with Crippen LogP contribution in [-0.4, -0.2) is 24.5 Å². The molecule has 0 aliphatic carbocycles. The highest BCUT2D eigenvalue weighted by atomic mass is 35.5. The van der Waals surface area contributed by atoms with Crippen molar-refractivity contribution in [3.05, 3.63) is 35.6 Å². The second kappa shape index (κ2) is 6.23. The van der Waals surface area contributed by atoms with Gasteiger partial charge in [-0.25, -0.2) is 4.39 Å². The molecule has 1 aromatic carbocycles. The largest absolute Gasteiger partial charge is 0.378 e. The molecular weight excluding hydrogens is 274 g/mol. The van der Waals surface area contributed by atoms with E-state index < -0.39 is 5.41 Å². The van der Waals surface area contributed by atoms with Crippen LogP contribution in [-0.2, 0) is 10.2 Å². The maximum absolute atomic E-state index is 14.0. The molecular formula is C14H17Cl2FO. The summed E-state index contributed by atoms with van der Waals surface area (Å²) in [6.07, 6.45) is 2.88. The third-order valence-electron chi connectivity index (χ3n) is 3.60. The third-order valence-corrected chi connectivity index (χ3v) is 4.62. The first kappa shape index (κ1) is 14.1. The fourth-order valence-corrected chi connectivity index (χ4v) is 3.32. The summed E-state index contributed by atoms with van der Waals surface area (Å²) >= 11 is 12.2. The lowest BCUT2D eigenvalue weighted by Gasteiger charge is -2.32. The second-order valence-electron chi connectivity index (χ2n) is 4.87. The van der Waals surface area contributed by atoms with Crippen LogP contribution < -0.4 is 0 Å². The first-order valence-electron chi connectivity index (χ1n) is 6.20. The Hall–Kier alpha value is -0.310. The zero-order valence-corrected chi connectivity index (χ0v) is 11.7. The molecule has 1 nitrogen and oxygen atoms in total. The summed E-state index contributed by atoms with van der Waals surface area (Å²) in [4.78, 5) is 0. The first-order valence-corrected chi connectivity index (χ1v) is 7.27. The molecule has 1 aliphatic heterocycles. The quantitative estimate of drug-likeness (QED) is 0.742. The molecule has 1 atom stereocenters. The summed E-state index contributed by atoms with van der Waals surface area (Å²) in [7, 11) is 0. The highest BCUT2D eigenvalue weighted by Crippen LogP contribution is 2.36. The van der Waals surface area contributed by atoms with Gasteiger partial charge in [-0.15, -0.1) is 23.2 Å². The number of halogens is 3. The molecule has 1 saturated heterocycles. The molecule has 1 unspecified atom stereocenters. The standard InChI is InChI=1S/C14H17Cl2FO/c15-9-14(10-16,8-11-4-3-7-18-11)12-5-1-2-6-13(12)17/h1-2,5-6,11H,3-4,7-10H2. The van der Waals surface area contributed by atoms with Crippen molar-refractivity contribution in [3.8, 4) is 0 Å². The number of benzene rings is 1. The average molecular weight is 291 g/mol. The number of hydrogen-bond donors (Lipinski definition) is 0. The van der Waals surface area contributed by atoms with Crippen molar-refractivity contribution >= 4 is 23.2 Å². The van der Waals surface area contributed by atoms with E-state index in [1.165, 1.54) is 6.07 Å². The minimum Gasteiger partial charge on any atom is -0.378 e. The van der Waals surface area contributed by atoms with Crippen LogP contribution in [0.3, 0.4) is 0 Å². The number of hydrogen-bond acceptors (Lipinski definition) is 1. The minimum absolute atomic E-state index is 0.141. The van der Waals surface area contributed by atoms with Crippen molar-refractivity contribution in [3.63, 3.8) is 0 Å². The molecule has 1 heterocycles. The van der Waals surface area contributed by atoms with E-state index in [1.54, 1.807) is 12.1 Å². The molecule has 0 amide bonds. The smallest absolute Gasteiger partial charge is 0.127 e. The van der Waals surface area contributed by atoms with Gasteiger partial charge in [0, 0.05) is 23.8 Å². The fourth-order valence-electron chi connectivity index (χ4n) is 2.53. The third kappa shape index (κ3) is 2.81. The van der Waals surface area contributed by atoms with Crippen LogP contribution in [0.15, 0.2) is 24.3 Å². The maximum Gasteiger partial charge on any atom is 0.127 e. The van der Waals surface area contributed by atoms with Crippen LogP contribution in [0.4, 0.5) is 4.39 Å². The van der Waals surface area contributed by atoms with Crippen LogP contribution >= 0.6 is 23.2 Å². The summed E-state index contributed by atoms with van der Waals surface area (Å²) in [5.41, 5.74) is 0.0641. The average Bonchev–Trinajstić information content (AvgIpc) is 2.90. The van der Waals surface area contributed by atoms with E-state index >= 15 is 0 Å². The van der Waals surface area contributed by atoms with Crippen molar-refractivity contribution < 1.29 is 9.13 Å². The van der Waals surface area contributed by atoms with Gasteiger partial charge in [-0.2, -0.15) is 0 Å². The van der Waals surface area contributed by atoms with E-state index in [2.05, 4.69) is 0 Å². The van der Waals surface area contributed by atoms with Crippen LogP contribution in [0.2, 0.25) is 0 Å². The summed E-state index contributed by atoms with van der Waals surface area (Å²) < 4.78 is 19.6. The lowest BCUT2D eigenvalue weighted by molar-refractivity contribution is 0.0879. The highest BCUT2D eigenvalue weighted by molar-refractivity contribution is 6.22. The number of rotatable bonds is 5. The van der Waals surface area contributed by atoms with Gasteiger partial charge < -0.3 is 4.74 Å². The Bertz CT molecular complexity index is 387. The van der Waals surface area contributed by atoms with Gasteiger partial charge in [-0.05, 0) is 30.9 Å². The molecule has 0 N–H and O–H groups in total. The molecule has 18 heavy (non-hydrogen) atoms. The van der Waals surface area contributed by atoms with E-state index in [0.29, 0.717) is 23.7 Å². The molecule has 0 saturated carbocycles. The molecule has 100 valence electrons. The van der Waals surface area contributed by atoms with Gasteiger partial charge >= 0.3 is 0 Å². The van der Waals surface area contributed by atoms with Gasteiger partial charge in [0.25, 0.3) is 0 Å². The molecule has 0 radical (unpaired) electrons. The summed E-state index contributed by atoms with van der Waals surface area (Å²) in [5.74, 6) is 0.367. The van der Waals surface area contributed by atoms with E-state index in [9.17, 15) is 4.39 Å². The van der Waals surface area contributed by atoms with Crippen LogP contribution in [0.25, 0.3) is 0 Å². The predicted octanol–water partition coefficient (Wildman–Crippen LogP) is 4.11. The summed E-state index contributed by atoms with van der Waals surface area (Å²) in [6, 6.07) is 6.73. The molecule has 1 aromatic rings.